The van der Waals surface area contributed by atoms with Crippen LogP contribution in [-0.4, -0.2) is 20.4 Å². The first-order valence-electron chi connectivity index (χ1n) is 5.85. The number of rotatable bonds is 5. The van der Waals surface area contributed by atoms with Crippen molar-refractivity contribution in [3.8, 4) is 0 Å². The molecule has 0 aliphatic carbocycles. The molecule has 0 saturated carbocycles. The molecule has 1 aromatic carbocycles. The van der Waals surface area contributed by atoms with Gasteiger partial charge in [0.25, 0.3) is 0 Å². The molecule has 1 aromatic heterocycles. The Labute approximate surface area is 123 Å². The molecule has 20 heavy (non-hydrogen) atoms. The Bertz CT molecular complexity index is 630. The lowest BCUT2D eigenvalue weighted by Crippen LogP contribution is -2.13. The molecule has 0 fully saturated rings. The molecule has 0 spiro atoms. The van der Waals surface area contributed by atoms with Gasteiger partial charge in [0, 0.05) is 17.7 Å². The highest BCUT2D eigenvalue weighted by Gasteiger charge is 2.07. The van der Waals surface area contributed by atoms with E-state index in [9.17, 15) is 4.39 Å². The summed E-state index contributed by atoms with van der Waals surface area (Å²) in [7, 11) is 0. The number of nitrogens with two attached hydrogens (primary N) is 1. The molecule has 0 radical (unpaired) electrons. The van der Waals surface area contributed by atoms with Crippen LogP contribution in [0.1, 0.15) is 23.9 Å². The van der Waals surface area contributed by atoms with Crippen LogP contribution in [0.15, 0.2) is 27.7 Å². The standard InChI is InChI=1S/C12H13FN4OS2/c1-2-10-15-12(20-17-10)19-6-7-3-8(11(14)16-18)5-9(13)4-7/h3-5,18H,2,6H2,1H3,(H2,14,16). The highest BCUT2D eigenvalue weighted by molar-refractivity contribution is 8.00. The maximum absolute atomic E-state index is 13.5. The van der Waals surface area contributed by atoms with Crippen molar-refractivity contribution in [1.82, 2.24) is 9.36 Å². The van der Waals surface area contributed by atoms with E-state index in [2.05, 4.69) is 14.5 Å². The number of aryl methyl sites for hydroxylation is 1. The van der Waals surface area contributed by atoms with Gasteiger partial charge in [0.05, 0.1) is 0 Å². The summed E-state index contributed by atoms with van der Waals surface area (Å²) in [6.07, 6.45) is 0.796. The SMILES string of the molecule is CCc1nsc(SCc2cc(F)cc(/C(N)=N/O)c2)n1. The van der Waals surface area contributed by atoms with Crippen LogP contribution >= 0.6 is 23.3 Å². The topological polar surface area (TPSA) is 84.4 Å². The predicted octanol–water partition coefficient (Wildman–Crippen LogP) is 2.63. The van der Waals surface area contributed by atoms with Gasteiger partial charge in [-0.2, -0.15) is 4.37 Å². The number of benzene rings is 1. The van der Waals surface area contributed by atoms with Gasteiger partial charge in [-0.3, -0.25) is 0 Å². The number of amidine groups is 1. The third-order valence-electron chi connectivity index (χ3n) is 2.49. The first-order valence-corrected chi connectivity index (χ1v) is 7.61. The van der Waals surface area contributed by atoms with Crippen LogP contribution in [0.25, 0.3) is 0 Å². The summed E-state index contributed by atoms with van der Waals surface area (Å²) in [5.41, 5.74) is 6.56. The smallest absolute Gasteiger partial charge is 0.170 e. The fraction of sp³-hybridized carbons (Fsp3) is 0.250. The molecule has 0 unspecified atom stereocenters. The van der Waals surface area contributed by atoms with Gasteiger partial charge in [0.1, 0.15) is 11.6 Å². The van der Waals surface area contributed by atoms with Crippen LogP contribution in [0.2, 0.25) is 0 Å². The van der Waals surface area contributed by atoms with Crippen molar-refractivity contribution in [2.75, 3.05) is 0 Å². The maximum atomic E-state index is 13.5. The zero-order valence-electron chi connectivity index (χ0n) is 10.7. The average molecular weight is 312 g/mol. The summed E-state index contributed by atoms with van der Waals surface area (Å²) in [5, 5.41) is 11.5. The molecule has 0 aliphatic rings. The quantitative estimate of drug-likeness (QED) is 0.291. The van der Waals surface area contributed by atoms with Gasteiger partial charge in [0.2, 0.25) is 0 Å². The Morgan fingerprint density at radius 1 is 1.50 bits per heavy atom. The summed E-state index contributed by atoms with van der Waals surface area (Å²) < 4.78 is 18.5. The molecule has 8 heteroatoms. The van der Waals surface area contributed by atoms with Crippen LogP contribution in [0.4, 0.5) is 4.39 Å². The summed E-state index contributed by atoms with van der Waals surface area (Å²) >= 11 is 2.81. The summed E-state index contributed by atoms with van der Waals surface area (Å²) in [6, 6.07) is 4.33. The molecule has 0 saturated heterocycles. The van der Waals surface area contributed by atoms with Crippen molar-refractivity contribution in [2.24, 2.45) is 10.9 Å². The van der Waals surface area contributed by atoms with E-state index in [1.165, 1.54) is 35.4 Å². The Balaban J connectivity index is 2.11. The number of hydrogen-bond donors (Lipinski definition) is 2. The van der Waals surface area contributed by atoms with Gasteiger partial charge in [-0.15, -0.1) is 0 Å². The zero-order valence-corrected chi connectivity index (χ0v) is 12.3. The van der Waals surface area contributed by atoms with Crippen LogP contribution in [0, 0.1) is 5.82 Å². The monoisotopic (exact) mass is 312 g/mol. The number of halogens is 1. The molecular formula is C12H13FN4OS2. The van der Waals surface area contributed by atoms with Crippen molar-refractivity contribution < 1.29 is 9.60 Å². The number of nitrogens with zero attached hydrogens (tertiary/aromatic N) is 3. The average Bonchev–Trinajstić information content (AvgIpc) is 2.91. The van der Waals surface area contributed by atoms with Crippen molar-refractivity contribution in [1.29, 1.82) is 0 Å². The van der Waals surface area contributed by atoms with Gasteiger partial charge in [-0.1, -0.05) is 23.8 Å². The number of hydrogen-bond acceptors (Lipinski definition) is 6. The molecule has 0 bridgehead atoms. The van der Waals surface area contributed by atoms with Crippen LogP contribution in [-0.2, 0) is 12.2 Å². The van der Waals surface area contributed by atoms with E-state index in [1.807, 2.05) is 6.92 Å². The number of aromatic nitrogens is 2. The maximum Gasteiger partial charge on any atom is 0.170 e. The number of thioether (sulfide) groups is 1. The minimum atomic E-state index is -0.420. The lowest BCUT2D eigenvalue weighted by molar-refractivity contribution is 0.318. The molecule has 2 aromatic rings. The summed E-state index contributed by atoms with van der Waals surface area (Å²) in [5.74, 6) is 0.826. The molecule has 2 rings (SSSR count). The van der Waals surface area contributed by atoms with Crippen LogP contribution in [0.3, 0.4) is 0 Å². The highest BCUT2D eigenvalue weighted by Crippen LogP contribution is 2.25. The lowest BCUT2D eigenvalue weighted by atomic mass is 10.1. The van der Waals surface area contributed by atoms with E-state index in [4.69, 9.17) is 10.9 Å². The van der Waals surface area contributed by atoms with Crippen LogP contribution in [0.5, 0.6) is 0 Å². The van der Waals surface area contributed by atoms with Crippen molar-refractivity contribution >= 4 is 29.1 Å². The minimum Gasteiger partial charge on any atom is -0.409 e. The lowest BCUT2D eigenvalue weighted by Gasteiger charge is -2.04. The van der Waals surface area contributed by atoms with Gasteiger partial charge in [-0.05, 0) is 35.3 Å². The van der Waals surface area contributed by atoms with E-state index in [1.54, 1.807) is 6.07 Å². The van der Waals surface area contributed by atoms with Crippen molar-refractivity contribution in [2.45, 2.75) is 23.4 Å². The first kappa shape index (κ1) is 14.7. The fourth-order valence-corrected chi connectivity index (χ4v) is 3.15. The van der Waals surface area contributed by atoms with Gasteiger partial charge >= 0.3 is 0 Å². The van der Waals surface area contributed by atoms with E-state index in [-0.39, 0.29) is 5.84 Å². The molecule has 0 atom stereocenters. The van der Waals surface area contributed by atoms with E-state index in [0.29, 0.717) is 11.3 Å². The third-order valence-corrected chi connectivity index (χ3v) is 4.43. The molecule has 0 amide bonds. The Morgan fingerprint density at radius 3 is 2.95 bits per heavy atom. The highest BCUT2D eigenvalue weighted by atomic mass is 32.2. The van der Waals surface area contributed by atoms with E-state index in [0.717, 1.165) is 22.1 Å². The molecule has 0 aliphatic heterocycles. The second-order valence-electron chi connectivity index (χ2n) is 3.95. The zero-order chi connectivity index (χ0) is 14.5. The molecule has 1 heterocycles. The third kappa shape index (κ3) is 3.67. The first-order chi connectivity index (χ1) is 9.62. The molecule has 106 valence electrons. The van der Waals surface area contributed by atoms with E-state index >= 15 is 0 Å². The summed E-state index contributed by atoms with van der Waals surface area (Å²) in [6.45, 7) is 1.99. The predicted molar refractivity (Wildman–Crippen MR) is 77.8 cm³/mol. The van der Waals surface area contributed by atoms with Gasteiger partial charge in [0.15, 0.2) is 10.2 Å². The largest absolute Gasteiger partial charge is 0.409 e. The van der Waals surface area contributed by atoms with Crippen molar-refractivity contribution in [3.05, 3.63) is 41.0 Å². The minimum absolute atomic E-state index is 0.111. The summed E-state index contributed by atoms with van der Waals surface area (Å²) in [4.78, 5) is 4.33. The van der Waals surface area contributed by atoms with Gasteiger partial charge in [-0.25, -0.2) is 9.37 Å². The van der Waals surface area contributed by atoms with Crippen LogP contribution < -0.4 is 5.73 Å². The second kappa shape index (κ2) is 6.67. The normalized spacial score (nSPS) is 11.8. The fourth-order valence-electron chi connectivity index (χ4n) is 1.52. The Kier molecular flexibility index (Phi) is 4.91. The molecule has 3 N–H and O–H groups in total. The van der Waals surface area contributed by atoms with E-state index < -0.39 is 5.82 Å². The number of oxime groups is 1. The molecular weight excluding hydrogens is 299 g/mol. The second-order valence-corrected chi connectivity index (χ2v) is 5.93. The molecule has 5 nitrogen and oxygen atoms in total. The Morgan fingerprint density at radius 2 is 2.30 bits per heavy atom. The Hall–Kier alpha value is -1.67. The van der Waals surface area contributed by atoms with Gasteiger partial charge < -0.3 is 10.9 Å². The van der Waals surface area contributed by atoms with Crippen molar-refractivity contribution in [3.63, 3.8) is 0 Å².